The van der Waals surface area contributed by atoms with Crippen LogP contribution in [0.1, 0.15) is 30.1 Å². The summed E-state index contributed by atoms with van der Waals surface area (Å²) in [6.07, 6.45) is 1.67. The van der Waals surface area contributed by atoms with Crippen molar-refractivity contribution in [2.75, 3.05) is 31.6 Å². The van der Waals surface area contributed by atoms with Gasteiger partial charge in [-0.1, -0.05) is 0 Å². The van der Waals surface area contributed by atoms with Gasteiger partial charge in [0.25, 0.3) is 11.8 Å². The van der Waals surface area contributed by atoms with E-state index in [1.807, 2.05) is 6.92 Å². The van der Waals surface area contributed by atoms with Gasteiger partial charge in [-0.15, -0.1) is 0 Å². The molecule has 9 nitrogen and oxygen atoms in total. The lowest BCUT2D eigenvalue weighted by molar-refractivity contribution is -0.122. The number of ether oxygens (including phenoxy) is 2. The summed E-state index contributed by atoms with van der Waals surface area (Å²) < 4.78 is 38.2. The van der Waals surface area contributed by atoms with E-state index < -0.39 is 10.0 Å². The monoisotopic (exact) mass is 461 g/mol. The van der Waals surface area contributed by atoms with Crippen LogP contribution in [0.25, 0.3) is 0 Å². The van der Waals surface area contributed by atoms with E-state index in [-0.39, 0.29) is 36.0 Å². The van der Waals surface area contributed by atoms with E-state index in [2.05, 4.69) is 15.4 Å². The zero-order valence-corrected chi connectivity index (χ0v) is 18.6. The number of rotatable bonds is 10. The fourth-order valence-electron chi connectivity index (χ4n) is 3.11. The van der Waals surface area contributed by atoms with E-state index in [1.165, 1.54) is 24.3 Å². The van der Waals surface area contributed by atoms with E-state index in [1.54, 1.807) is 24.3 Å². The number of nitrogens with one attached hydrogen (secondary N) is 3. The van der Waals surface area contributed by atoms with Crippen molar-refractivity contribution in [1.29, 1.82) is 0 Å². The first-order chi connectivity index (χ1) is 15.4. The highest BCUT2D eigenvalue weighted by molar-refractivity contribution is 7.89. The molecule has 0 saturated carbocycles. The molecule has 1 unspecified atom stereocenters. The Kier molecular flexibility index (Phi) is 8.20. The number of carbonyl (C=O) groups excluding carboxylic acids is 2. The van der Waals surface area contributed by atoms with Gasteiger partial charge in [-0.2, -0.15) is 0 Å². The van der Waals surface area contributed by atoms with Crippen molar-refractivity contribution in [2.45, 2.75) is 30.8 Å². The van der Waals surface area contributed by atoms with Crippen molar-refractivity contribution >= 4 is 27.5 Å². The van der Waals surface area contributed by atoms with Gasteiger partial charge in [0.2, 0.25) is 10.0 Å². The molecule has 0 aromatic heterocycles. The summed E-state index contributed by atoms with van der Waals surface area (Å²) in [4.78, 5) is 24.0. The number of sulfonamides is 1. The van der Waals surface area contributed by atoms with Crippen LogP contribution in [0.15, 0.2) is 53.4 Å². The van der Waals surface area contributed by atoms with Gasteiger partial charge in [0.15, 0.2) is 6.61 Å². The Labute approximate surface area is 187 Å². The average molecular weight is 462 g/mol. The van der Waals surface area contributed by atoms with Crippen LogP contribution in [0, 0.1) is 0 Å². The molecule has 1 heterocycles. The molecule has 0 aliphatic carbocycles. The second kappa shape index (κ2) is 11.1. The fraction of sp³-hybridized carbons (Fsp3) is 0.364. The zero-order valence-electron chi connectivity index (χ0n) is 17.8. The first-order valence-electron chi connectivity index (χ1n) is 10.4. The standard InChI is InChI=1S/C22H27N3O6S/c1-2-23-21(26)15-31-18-9-7-17(8-10-18)25-22(27)16-5-11-20(12-6-16)32(28,29)24-14-19-4-3-13-30-19/h5-12,19,24H,2-4,13-15H2,1H3,(H,23,26)(H,25,27). The smallest absolute Gasteiger partial charge is 0.257 e. The molecule has 32 heavy (non-hydrogen) atoms. The number of benzene rings is 2. The first kappa shape index (κ1) is 23.7. The number of carbonyl (C=O) groups is 2. The van der Waals surface area contributed by atoms with Crippen molar-refractivity contribution in [2.24, 2.45) is 0 Å². The van der Waals surface area contributed by atoms with Crippen LogP contribution in [0.2, 0.25) is 0 Å². The lowest BCUT2D eigenvalue weighted by Crippen LogP contribution is -2.31. The first-order valence-corrected chi connectivity index (χ1v) is 11.9. The minimum absolute atomic E-state index is 0.0839. The minimum Gasteiger partial charge on any atom is -0.484 e. The Balaban J connectivity index is 1.53. The van der Waals surface area contributed by atoms with Crippen molar-refractivity contribution in [3.63, 3.8) is 0 Å². The zero-order chi connectivity index (χ0) is 23.0. The maximum atomic E-state index is 12.5. The molecule has 2 aromatic carbocycles. The molecular weight excluding hydrogens is 434 g/mol. The molecule has 1 fully saturated rings. The maximum Gasteiger partial charge on any atom is 0.257 e. The summed E-state index contributed by atoms with van der Waals surface area (Å²) >= 11 is 0. The topological polar surface area (TPSA) is 123 Å². The molecule has 1 atom stereocenters. The maximum absolute atomic E-state index is 12.5. The number of anilines is 1. The summed E-state index contributed by atoms with van der Waals surface area (Å²) in [7, 11) is -3.67. The summed E-state index contributed by atoms with van der Waals surface area (Å²) in [5, 5.41) is 5.37. The predicted molar refractivity (Wildman–Crippen MR) is 119 cm³/mol. The lowest BCUT2D eigenvalue weighted by atomic mass is 10.2. The average Bonchev–Trinajstić information content (AvgIpc) is 3.31. The Bertz CT molecular complexity index is 1020. The Morgan fingerprint density at radius 3 is 2.44 bits per heavy atom. The predicted octanol–water partition coefficient (Wildman–Crippen LogP) is 1.91. The van der Waals surface area contributed by atoms with Gasteiger partial charge in [0.05, 0.1) is 11.0 Å². The minimum atomic E-state index is -3.67. The summed E-state index contributed by atoms with van der Waals surface area (Å²) in [6.45, 7) is 3.16. The summed E-state index contributed by atoms with van der Waals surface area (Å²) in [6, 6.07) is 12.3. The summed E-state index contributed by atoms with van der Waals surface area (Å²) in [5.74, 6) is -0.0889. The molecule has 2 aromatic rings. The van der Waals surface area contributed by atoms with Gasteiger partial charge < -0.3 is 20.1 Å². The number of likely N-dealkylation sites (N-methyl/N-ethyl adjacent to an activating group) is 1. The fourth-order valence-corrected chi connectivity index (χ4v) is 4.18. The molecular formula is C22H27N3O6S. The van der Waals surface area contributed by atoms with Crippen LogP contribution in [-0.2, 0) is 19.6 Å². The molecule has 172 valence electrons. The molecule has 2 amide bonds. The van der Waals surface area contributed by atoms with Gasteiger partial charge in [-0.05, 0) is 68.3 Å². The second-order valence-corrected chi connectivity index (χ2v) is 9.00. The van der Waals surface area contributed by atoms with Crippen LogP contribution < -0.4 is 20.1 Å². The van der Waals surface area contributed by atoms with E-state index >= 15 is 0 Å². The molecule has 0 radical (unpaired) electrons. The molecule has 10 heteroatoms. The molecule has 0 bridgehead atoms. The second-order valence-electron chi connectivity index (χ2n) is 7.23. The SMILES string of the molecule is CCNC(=O)COc1ccc(NC(=O)c2ccc(S(=O)(=O)NCC3CCCO3)cc2)cc1. The van der Waals surface area contributed by atoms with Gasteiger partial charge in [-0.3, -0.25) is 9.59 Å². The quantitative estimate of drug-likeness (QED) is 0.497. The van der Waals surface area contributed by atoms with Crippen LogP contribution in [0.5, 0.6) is 5.75 Å². The van der Waals surface area contributed by atoms with Gasteiger partial charge in [0.1, 0.15) is 5.75 Å². The van der Waals surface area contributed by atoms with Crippen LogP contribution in [0.4, 0.5) is 5.69 Å². The third kappa shape index (κ3) is 6.78. The third-order valence-electron chi connectivity index (χ3n) is 4.81. The highest BCUT2D eigenvalue weighted by Crippen LogP contribution is 2.18. The lowest BCUT2D eigenvalue weighted by Gasteiger charge is -2.12. The number of amides is 2. The van der Waals surface area contributed by atoms with Crippen molar-refractivity contribution < 1.29 is 27.5 Å². The van der Waals surface area contributed by atoms with Gasteiger partial charge in [-0.25, -0.2) is 13.1 Å². The van der Waals surface area contributed by atoms with Crippen LogP contribution >= 0.6 is 0 Å². The number of hydrogen-bond donors (Lipinski definition) is 3. The highest BCUT2D eigenvalue weighted by atomic mass is 32.2. The van der Waals surface area contributed by atoms with Gasteiger partial charge in [0, 0.05) is 30.9 Å². The van der Waals surface area contributed by atoms with E-state index in [9.17, 15) is 18.0 Å². The molecule has 0 spiro atoms. The van der Waals surface area contributed by atoms with E-state index in [4.69, 9.17) is 9.47 Å². The molecule has 1 aliphatic rings. The molecule has 3 N–H and O–H groups in total. The largest absolute Gasteiger partial charge is 0.484 e. The van der Waals surface area contributed by atoms with E-state index in [0.717, 1.165) is 12.8 Å². The number of hydrogen-bond acceptors (Lipinski definition) is 6. The molecule has 1 saturated heterocycles. The highest BCUT2D eigenvalue weighted by Gasteiger charge is 2.20. The van der Waals surface area contributed by atoms with E-state index in [0.29, 0.717) is 30.2 Å². The summed E-state index contributed by atoms with van der Waals surface area (Å²) in [5.41, 5.74) is 0.856. The van der Waals surface area contributed by atoms with Gasteiger partial charge >= 0.3 is 0 Å². The van der Waals surface area contributed by atoms with Crippen LogP contribution in [0.3, 0.4) is 0 Å². The molecule has 1 aliphatic heterocycles. The molecule has 3 rings (SSSR count). The van der Waals surface area contributed by atoms with Crippen LogP contribution in [-0.4, -0.2) is 52.6 Å². The Morgan fingerprint density at radius 2 is 1.81 bits per heavy atom. The normalized spacial score (nSPS) is 15.8. The van der Waals surface area contributed by atoms with Crippen molar-refractivity contribution in [3.05, 3.63) is 54.1 Å². The third-order valence-corrected chi connectivity index (χ3v) is 6.25. The van der Waals surface area contributed by atoms with Crippen molar-refractivity contribution in [3.8, 4) is 5.75 Å². The Morgan fingerprint density at radius 1 is 1.09 bits per heavy atom. The van der Waals surface area contributed by atoms with Crippen molar-refractivity contribution in [1.82, 2.24) is 10.0 Å². The Hall–Kier alpha value is -2.95.